The Bertz CT molecular complexity index is 1050. The Morgan fingerprint density at radius 3 is 2.63 bits per heavy atom. The first kappa shape index (κ1) is 22.7. The van der Waals surface area contributed by atoms with E-state index >= 15 is 0 Å². The molecule has 0 bridgehead atoms. The summed E-state index contributed by atoms with van der Waals surface area (Å²) >= 11 is 0. The van der Waals surface area contributed by atoms with Gasteiger partial charge in [-0.05, 0) is 37.3 Å². The number of hydrogen-bond acceptors (Lipinski definition) is 4. The zero-order chi connectivity index (χ0) is 22.3. The van der Waals surface area contributed by atoms with Crippen LogP contribution in [0.15, 0.2) is 48.7 Å². The summed E-state index contributed by atoms with van der Waals surface area (Å²) in [6, 6.07) is 12.6. The molecule has 1 aromatic heterocycles. The van der Waals surface area contributed by atoms with Crippen LogP contribution in [0.3, 0.4) is 0 Å². The molecule has 1 atom stereocenters. The Kier molecular flexibility index (Phi) is 7.42. The van der Waals surface area contributed by atoms with Crippen molar-refractivity contribution in [1.29, 1.82) is 5.26 Å². The van der Waals surface area contributed by atoms with Gasteiger partial charge in [-0.1, -0.05) is 6.07 Å². The minimum atomic E-state index is -3.40. The molecule has 158 valence electrons. The quantitative estimate of drug-likeness (QED) is 0.682. The number of ether oxygens (including phenoxy) is 1. The van der Waals surface area contributed by atoms with Crippen LogP contribution in [0, 0.1) is 17.1 Å². The number of nitriles is 1. The number of alkyl halides is 2. The third-order valence-corrected chi connectivity index (χ3v) is 4.03. The highest BCUT2D eigenvalue weighted by Gasteiger charge is 2.32. The summed E-state index contributed by atoms with van der Waals surface area (Å²) < 4.78 is 44.3. The van der Waals surface area contributed by atoms with E-state index in [1.807, 2.05) is 6.07 Å². The number of aromatic nitrogens is 2. The van der Waals surface area contributed by atoms with Gasteiger partial charge in [0.25, 0.3) is 5.91 Å². The molecule has 0 saturated heterocycles. The molecule has 1 unspecified atom stereocenters. The predicted octanol–water partition coefficient (Wildman–Crippen LogP) is 3.90. The average Bonchev–Trinajstić information content (AvgIpc) is 3.09. The normalized spacial score (nSPS) is 11.8. The van der Waals surface area contributed by atoms with E-state index in [0.717, 1.165) is 10.9 Å². The lowest BCUT2D eigenvalue weighted by atomic mass is 10.2. The van der Waals surface area contributed by atoms with Gasteiger partial charge >= 0.3 is 5.92 Å². The SMILES string of the molecule is CC(Cn1ncc2cc(C#N)ccc21)NC(=O)C(C)(F)F.COc1cccc(F)c1. The maximum Gasteiger partial charge on any atom is 0.321 e. The average molecular weight is 418 g/mol. The molecule has 30 heavy (non-hydrogen) atoms. The van der Waals surface area contributed by atoms with E-state index in [0.29, 0.717) is 18.2 Å². The number of halogens is 3. The van der Waals surface area contributed by atoms with Crippen molar-refractivity contribution in [3.8, 4) is 11.8 Å². The van der Waals surface area contributed by atoms with Gasteiger partial charge in [-0.25, -0.2) is 4.39 Å². The van der Waals surface area contributed by atoms with E-state index in [2.05, 4.69) is 10.4 Å². The number of hydrogen-bond donors (Lipinski definition) is 1. The van der Waals surface area contributed by atoms with Crippen molar-refractivity contribution in [3.05, 3.63) is 60.0 Å². The first-order valence-corrected chi connectivity index (χ1v) is 8.98. The number of amides is 1. The molecule has 2 aromatic carbocycles. The second kappa shape index (κ2) is 9.78. The standard InChI is InChI=1S/C14H14F2N4O.C7H7FO/c1-9(19-13(21)14(2,15)16)8-20-12-4-3-10(6-17)5-11(12)7-18-20;1-9-7-4-2-3-6(8)5-7/h3-5,7,9H,8H2,1-2H3,(H,19,21);2-5H,1H3. The van der Waals surface area contributed by atoms with Crippen molar-refractivity contribution in [2.45, 2.75) is 32.4 Å². The summed E-state index contributed by atoms with van der Waals surface area (Å²) in [5.74, 6) is -4.43. The molecule has 9 heteroatoms. The Morgan fingerprint density at radius 1 is 1.33 bits per heavy atom. The summed E-state index contributed by atoms with van der Waals surface area (Å²) in [7, 11) is 1.51. The maximum atomic E-state index is 12.8. The zero-order valence-corrected chi connectivity index (χ0v) is 16.7. The molecule has 3 aromatic rings. The van der Waals surface area contributed by atoms with E-state index in [1.54, 1.807) is 48.1 Å². The summed E-state index contributed by atoms with van der Waals surface area (Å²) in [6.07, 6.45) is 1.60. The van der Waals surface area contributed by atoms with Crippen LogP contribution in [0.1, 0.15) is 19.4 Å². The predicted molar refractivity (Wildman–Crippen MR) is 106 cm³/mol. The van der Waals surface area contributed by atoms with E-state index in [4.69, 9.17) is 10.00 Å². The van der Waals surface area contributed by atoms with E-state index in [1.165, 1.54) is 19.2 Å². The van der Waals surface area contributed by atoms with Gasteiger partial charge in [-0.15, -0.1) is 0 Å². The van der Waals surface area contributed by atoms with Crippen molar-refractivity contribution < 1.29 is 22.7 Å². The topological polar surface area (TPSA) is 79.9 Å². The molecule has 6 nitrogen and oxygen atoms in total. The summed E-state index contributed by atoms with van der Waals surface area (Å²) in [5, 5.41) is 16.0. The number of nitrogens with zero attached hydrogens (tertiary/aromatic N) is 3. The first-order chi connectivity index (χ1) is 14.1. The fourth-order valence-electron chi connectivity index (χ4n) is 2.55. The van der Waals surface area contributed by atoms with Gasteiger partial charge in [0, 0.05) is 24.4 Å². The fraction of sp³-hybridized carbons (Fsp3) is 0.286. The summed E-state index contributed by atoms with van der Waals surface area (Å²) in [6.45, 7) is 2.44. The van der Waals surface area contributed by atoms with Crippen molar-refractivity contribution in [2.24, 2.45) is 0 Å². The summed E-state index contributed by atoms with van der Waals surface area (Å²) in [4.78, 5) is 11.2. The maximum absolute atomic E-state index is 12.8. The Balaban J connectivity index is 0.000000297. The largest absolute Gasteiger partial charge is 0.497 e. The van der Waals surface area contributed by atoms with Crippen LogP contribution < -0.4 is 10.1 Å². The number of carbonyl (C=O) groups is 1. The Hall–Kier alpha value is -3.54. The molecule has 0 radical (unpaired) electrons. The second-order valence-corrected chi connectivity index (χ2v) is 6.64. The molecule has 0 aliphatic heterocycles. The van der Waals surface area contributed by atoms with Gasteiger partial charge in [0.05, 0.1) is 37.0 Å². The van der Waals surface area contributed by atoms with Crippen LogP contribution in [-0.4, -0.2) is 34.8 Å². The molecule has 0 fully saturated rings. The van der Waals surface area contributed by atoms with Gasteiger partial charge in [0.15, 0.2) is 0 Å². The van der Waals surface area contributed by atoms with Crippen LogP contribution in [0.5, 0.6) is 5.75 Å². The van der Waals surface area contributed by atoms with Gasteiger partial charge < -0.3 is 10.1 Å². The molecule has 0 spiro atoms. The van der Waals surface area contributed by atoms with Crippen LogP contribution in [0.25, 0.3) is 10.9 Å². The fourth-order valence-corrected chi connectivity index (χ4v) is 2.55. The number of rotatable bonds is 5. The molecule has 0 aliphatic rings. The van der Waals surface area contributed by atoms with Gasteiger partial charge in [-0.3, -0.25) is 9.48 Å². The number of fused-ring (bicyclic) bond motifs is 1. The van der Waals surface area contributed by atoms with E-state index in [-0.39, 0.29) is 12.4 Å². The molecule has 1 N–H and O–H groups in total. The van der Waals surface area contributed by atoms with E-state index < -0.39 is 17.9 Å². The molecule has 1 heterocycles. The van der Waals surface area contributed by atoms with E-state index in [9.17, 15) is 18.0 Å². The van der Waals surface area contributed by atoms with Gasteiger partial charge in [-0.2, -0.15) is 19.1 Å². The highest BCUT2D eigenvalue weighted by Crippen LogP contribution is 2.16. The lowest BCUT2D eigenvalue weighted by molar-refractivity contribution is -0.143. The molecule has 1 amide bonds. The van der Waals surface area contributed by atoms with Crippen LogP contribution >= 0.6 is 0 Å². The van der Waals surface area contributed by atoms with Crippen molar-refractivity contribution in [2.75, 3.05) is 7.11 Å². The number of benzene rings is 2. The molecule has 0 saturated carbocycles. The lowest BCUT2D eigenvalue weighted by Gasteiger charge is -2.17. The highest BCUT2D eigenvalue weighted by atomic mass is 19.3. The third kappa shape index (κ3) is 6.24. The van der Waals surface area contributed by atoms with Gasteiger partial charge in [0.1, 0.15) is 11.6 Å². The summed E-state index contributed by atoms with van der Waals surface area (Å²) in [5.41, 5.74) is 1.30. The Labute approximate surface area is 171 Å². The number of carbonyl (C=O) groups excluding carboxylic acids is 1. The van der Waals surface area contributed by atoms with Crippen LogP contribution in [0.4, 0.5) is 13.2 Å². The van der Waals surface area contributed by atoms with Crippen molar-refractivity contribution in [3.63, 3.8) is 0 Å². The smallest absolute Gasteiger partial charge is 0.321 e. The van der Waals surface area contributed by atoms with Crippen molar-refractivity contribution >= 4 is 16.8 Å². The molecule has 0 aliphatic carbocycles. The van der Waals surface area contributed by atoms with Gasteiger partial charge in [0.2, 0.25) is 0 Å². The minimum absolute atomic E-state index is 0.261. The first-order valence-electron chi connectivity index (χ1n) is 8.98. The Morgan fingerprint density at radius 2 is 2.07 bits per heavy atom. The monoisotopic (exact) mass is 418 g/mol. The number of methoxy groups -OCH3 is 1. The number of nitrogens with one attached hydrogen (secondary N) is 1. The zero-order valence-electron chi connectivity index (χ0n) is 16.7. The second-order valence-electron chi connectivity index (χ2n) is 6.64. The van der Waals surface area contributed by atoms with Crippen molar-refractivity contribution in [1.82, 2.24) is 15.1 Å². The van der Waals surface area contributed by atoms with Crippen LogP contribution in [0.2, 0.25) is 0 Å². The minimum Gasteiger partial charge on any atom is -0.497 e. The lowest BCUT2D eigenvalue weighted by Crippen LogP contribution is -2.44. The molecule has 3 rings (SSSR count). The highest BCUT2D eigenvalue weighted by molar-refractivity contribution is 5.83. The third-order valence-electron chi connectivity index (χ3n) is 4.03. The molecular formula is C21H21F3N4O2. The van der Waals surface area contributed by atoms with Crippen LogP contribution in [-0.2, 0) is 11.3 Å². The molecular weight excluding hydrogens is 397 g/mol.